The molecule has 30 heavy (non-hydrogen) atoms. The van der Waals surface area contributed by atoms with Crippen LogP contribution in [0.15, 0.2) is 6.07 Å². The van der Waals surface area contributed by atoms with Crippen LogP contribution in [0.25, 0.3) is 0 Å². The minimum Gasteiger partial charge on any atom is -0.453 e. The molecule has 1 unspecified atom stereocenters. The van der Waals surface area contributed by atoms with Gasteiger partial charge in [-0.1, -0.05) is 13.8 Å². The van der Waals surface area contributed by atoms with E-state index in [9.17, 15) is 9.59 Å². The van der Waals surface area contributed by atoms with E-state index in [2.05, 4.69) is 41.8 Å². The number of hydrogen-bond acceptors (Lipinski definition) is 5. The molecule has 2 fully saturated rings. The van der Waals surface area contributed by atoms with E-state index >= 15 is 0 Å². The first kappa shape index (κ1) is 23.1. The third-order valence-corrected chi connectivity index (χ3v) is 7.59. The second-order valence-electron chi connectivity index (χ2n) is 8.72. The van der Waals surface area contributed by atoms with Crippen molar-refractivity contribution in [1.82, 2.24) is 10.2 Å². The van der Waals surface area contributed by atoms with E-state index in [-0.39, 0.29) is 24.1 Å². The molecule has 2 amide bonds. The Morgan fingerprint density at radius 2 is 2.03 bits per heavy atom. The van der Waals surface area contributed by atoms with Crippen LogP contribution >= 0.6 is 11.3 Å². The van der Waals surface area contributed by atoms with Crippen LogP contribution in [-0.2, 0) is 20.7 Å². The second-order valence-corrected chi connectivity index (χ2v) is 9.84. The molecule has 168 valence electrons. The second kappa shape index (κ2) is 10.6. The number of thiophene rings is 1. The van der Waals surface area contributed by atoms with E-state index in [4.69, 9.17) is 4.74 Å². The molecular formula is C23H36N2O4S. The molecule has 3 rings (SSSR count). The van der Waals surface area contributed by atoms with Gasteiger partial charge < -0.3 is 19.7 Å². The van der Waals surface area contributed by atoms with E-state index < -0.39 is 0 Å². The minimum absolute atomic E-state index is 0.0694. The molecule has 0 bridgehead atoms. The summed E-state index contributed by atoms with van der Waals surface area (Å²) in [6.07, 6.45) is 6.27. The van der Waals surface area contributed by atoms with Crippen LogP contribution in [0.4, 0.5) is 4.79 Å². The summed E-state index contributed by atoms with van der Waals surface area (Å²) < 4.78 is 10.4. The first-order chi connectivity index (χ1) is 14.4. The smallest absolute Gasteiger partial charge is 0.406 e. The Bertz CT molecular complexity index is 723. The van der Waals surface area contributed by atoms with Gasteiger partial charge in [-0.2, -0.15) is 0 Å². The lowest BCUT2D eigenvalue weighted by molar-refractivity contribution is -0.149. The zero-order valence-electron chi connectivity index (χ0n) is 18.7. The highest BCUT2D eigenvalue weighted by Crippen LogP contribution is 2.40. The maximum absolute atomic E-state index is 13.3. The molecule has 0 aromatic carbocycles. The molecule has 2 atom stereocenters. The molecule has 1 aliphatic heterocycles. The molecule has 1 saturated carbocycles. The summed E-state index contributed by atoms with van der Waals surface area (Å²) in [5, 5.41) is 2.75. The van der Waals surface area contributed by atoms with Crippen LogP contribution in [0, 0.1) is 0 Å². The van der Waals surface area contributed by atoms with Crippen molar-refractivity contribution in [3.05, 3.63) is 21.4 Å². The average molecular weight is 437 g/mol. The fourth-order valence-corrected chi connectivity index (χ4v) is 5.44. The summed E-state index contributed by atoms with van der Waals surface area (Å²) in [7, 11) is 1.38. The number of rotatable bonds is 9. The molecular weight excluding hydrogens is 400 g/mol. The van der Waals surface area contributed by atoms with E-state index in [1.807, 2.05) is 11.3 Å². The monoisotopic (exact) mass is 436 g/mol. The third kappa shape index (κ3) is 5.76. The molecule has 0 spiro atoms. The van der Waals surface area contributed by atoms with Gasteiger partial charge in [-0.3, -0.25) is 4.79 Å². The largest absolute Gasteiger partial charge is 0.453 e. The van der Waals surface area contributed by atoms with Gasteiger partial charge in [0, 0.05) is 28.9 Å². The zero-order chi connectivity index (χ0) is 21.7. The summed E-state index contributed by atoms with van der Waals surface area (Å²) >= 11 is 1.84. The quantitative estimate of drug-likeness (QED) is 0.566. The van der Waals surface area contributed by atoms with Crippen LogP contribution in [0.1, 0.15) is 86.6 Å². The summed E-state index contributed by atoms with van der Waals surface area (Å²) in [6, 6.07) is 2.71. The number of nitrogens with one attached hydrogen (secondary N) is 1. The number of nitrogens with zero attached hydrogens (tertiary/aromatic N) is 1. The predicted octanol–water partition coefficient (Wildman–Crippen LogP) is 4.78. The van der Waals surface area contributed by atoms with E-state index in [0.29, 0.717) is 25.1 Å². The van der Waals surface area contributed by atoms with Crippen molar-refractivity contribution in [2.24, 2.45) is 0 Å². The zero-order valence-corrected chi connectivity index (χ0v) is 19.6. The molecule has 1 aliphatic carbocycles. The van der Waals surface area contributed by atoms with Gasteiger partial charge >= 0.3 is 6.09 Å². The third-order valence-electron chi connectivity index (χ3n) is 5.94. The lowest BCUT2D eigenvalue weighted by Gasteiger charge is -2.33. The van der Waals surface area contributed by atoms with Gasteiger partial charge in [-0.15, -0.1) is 11.3 Å². The fourth-order valence-electron chi connectivity index (χ4n) is 4.17. The lowest BCUT2D eigenvalue weighted by atomic mass is 10.0. The molecule has 2 heterocycles. The lowest BCUT2D eigenvalue weighted by Crippen LogP contribution is -2.44. The molecule has 1 aromatic heterocycles. The van der Waals surface area contributed by atoms with Crippen LogP contribution in [0.5, 0.6) is 0 Å². The van der Waals surface area contributed by atoms with Crippen molar-refractivity contribution in [3.63, 3.8) is 0 Å². The molecule has 0 radical (unpaired) electrons. The Morgan fingerprint density at radius 3 is 2.63 bits per heavy atom. The SMILES string of the molecule is COC(=O)NCCCc1cc(C(C)N(C(=O)[C@H]2CCCCO2)C2CC2)sc1C(C)C. The van der Waals surface area contributed by atoms with Crippen LogP contribution < -0.4 is 5.32 Å². The Kier molecular flexibility index (Phi) is 8.17. The van der Waals surface area contributed by atoms with E-state index in [1.165, 1.54) is 22.4 Å². The predicted molar refractivity (Wildman–Crippen MR) is 119 cm³/mol. The Morgan fingerprint density at radius 1 is 1.27 bits per heavy atom. The van der Waals surface area contributed by atoms with Gasteiger partial charge in [0.25, 0.3) is 5.91 Å². The molecule has 1 N–H and O–H groups in total. The summed E-state index contributed by atoms with van der Waals surface area (Å²) in [5.74, 6) is 0.610. The van der Waals surface area contributed by atoms with E-state index in [1.54, 1.807) is 0 Å². The number of ether oxygens (including phenoxy) is 2. The number of alkyl carbamates (subject to hydrolysis) is 1. The Labute approximate surface area is 184 Å². The van der Waals surface area contributed by atoms with Gasteiger partial charge in [-0.05, 0) is 69.4 Å². The Hall–Kier alpha value is -1.60. The molecule has 7 heteroatoms. The van der Waals surface area contributed by atoms with Crippen LogP contribution in [0.3, 0.4) is 0 Å². The first-order valence-electron chi connectivity index (χ1n) is 11.3. The highest BCUT2D eigenvalue weighted by molar-refractivity contribution is 7.12. The summed E-state index contributed by atoms with van der Waals surface area (Å²) in [6.45, 7) is 7.89. The number of methoxy groups -OCH3 is 1. The first-order valence-corrected chi connectivity index (χ1v) is 12.1. The topological polar surface area (TPSA) is 67.9 Å². The Balaban J connectivity index is 1.70. The van der Waals surface area contributed by atoms with Crippen LogP contribution in [-0.4, -0.2) is 49.3 Å². The van der Waals surface area contributed by atoms with Gasteiger partial charge in [0.1, 0.15) is 6.10 Å². The standard InChI is InChI=1S/C23H36N2O4S/c1-15(2)21-17(8-7-12-24-23(27)28-4)14-20(30-21)16(3)25(18-10-11-18)22(26)19-9-5-6-13-29-19/h14-16,18-19H,5-13H2,1-4H3,(H,24,27)/t16?,19-/m1/s1. The number of amides is 2. The molecule has 1 aromatic rings. The maximum Gasteiger partial charge on any atom is 0.406 e. The normalized spacial score (nSPS) is 20.1. The number of carbonyl (C=O) groups is 2. The van der Waals surface area contributed by atoms with E-state index in [0.717, 1.165) is 44.9 Å². The van der Waals surface area contributed by atoms with Crippen molar-refractivity contribution in [1.29, 1.82) is 0 Å². The summed E-state index contributed by atoms with van der Waals surface area (Å²) in [5.41, 5.74) is 1.33. The highest BCUT2D eigenvalue weighted by atomic mass is 32.1. The fraction of sp³-hybridized carbons (Fsp3) is 0.739. The highest BCUT2D eigenvalue weighted by Gasteiger charge is 2.40. The van der Waals surface area contributed by atoms with Crippen molar-refractivity contribution < 1.29 is 19.1 Å². The number of hydrogen-bond donors (Lipinski definition) is 1. The number of aryl methyl sites for hydroxylation is 1. The molecule has 1 saturated heterocycles. The van der Waals surface area contributed by atoms with Gasteiger partial charge in [0.2, 0.25) is 0 Å². The maximum atomic E-state index is 13.3. The van der Waals surface area contributed by atoms with Crippen molar-refractivity contribution in [2.75, 3.05) is 20.3 Å². The van der Waals surface area contributed by atoms with Gasteiger partial charge in [-0.25, -0.2) is 4.79 Å². The summed E-state index contributed by atoms with van der Waals surface area (Å²) in [4.78, 5) is 29.3. The van der Waals surface area contributed by atoms with Crippen molar-refractivity contribution >= 4 is 23.3 Å². The van der Waals surface area contributed by atoms with Crippen molar-refractivity contribution in [2.45, 2.75) is 89.8 Å². The van der Waals surface area contributed by atoms with Gasteiger partial charge in [0.05, 0.1) is 13.2 Å². The van der Waals surface area contributed by atoms with Crippen molar-refractivity contribution in [3.8, 4) is 0 Å². The molecule has 2 aliphatic rings. The number of carbonyl (C=O) groups excluding carboxylic acids is 2. The molecule has 6 nitrogen and oxygen atoms in total. The average Bonchev–Trinajstić information content (AvgIpc) is 3.48. The van der Waals surface area contributed by atoms with Crippen LogP contribution in [0.2, 0.25) is 0 Å². The minimum atomic E-state index is -0.387. The van der Waals surface area contributed by atoms with Gasteiger partial charge in [0.15, 0.2) is 0 Å².